The molecule has 1 N–H and O–H groups in total. The van der Waals surface area contributed by atoms with Gasteiger partial charge < -0.3 is 10.1 Å². The van der Waals surface area contributed by atoms with Crippen LogP contribution in [0.3, 0.4) is 0 Å². The van der Waals surface area contributed by atoms with Gasteiger partial charge in [-0.15, -0.1) is 0 Å². The molecule has 0 spiro atoms. The summed E-state index contributed by atoms with van der Waals surface area (Å²) in [6.45, 7) is 4.20. The second kappa shape index (κ2) is 4.43. The molecule has 76 valence electrons. The first-order chi connectivity index (χ1) is 6.40. The first kappa shape index (κ1) is 9.47. The van der Waals surface area contributed by atoms with Gasteiger partial charge in [0.1, 0.15) is 0 Å². The zero-order chi connectivity index (χ0) is 9.10. The molecule has 2 aliphatic rings. The van der Waals surface area contributed by atoms with Crippen LogP contribution >= 0.6 is 0 Å². The lowest BCUT2D eigenvalue weighted by molar-refractivity contribution is 0.0650. The molecule has 0 aromatic carbocycles. The van der Waals surface area contributed by atoms with Crippen LogP contribution in [0.1, 0.15) is 39.0 Å². The molecular formula is C11H21NO. The van der Waals surface area contributed by atoms with Gasteiger partial charge in [-0.3, -0.25) is 0 Å². The van der Waals surface area contributed by atoms with Crippen LogP contribution in [0.25, 0.3) is 0 Å². The summed E-state index contributed by atoms with van der Waals surface area (Å²) in [5.41, 5.74) is 0. The van der Waals surface area contributed by atoms with E-state index in [1.54, 1.807) is 0 Å². The molecule has 2 nitrogen and oxygen atoms in total. The van der Waals surface area contributed by atoms with Gasteiger partial charge in [0.15, 0.2) is 0 Å². The fourth-order valence-electron chi connectivity index (χ4n) is 2.26. The summed E-state index contributed by atoms with van der Waals surface area (Å²) in [7, 11) is 0. The lowest BCUT2D eigenvalue weighted by Gasteiger charge is -2.28. The van der Waals surface area contributed by atoms with Gasteiger partial charge in [-0.25, -0.2) is 0 Å². The van der Waals surface area contributed by atoms with Gasteiger partial charge in [0, 0.05) is 18.7 Å². The summed E-state index contributed by atoms with van der Waals surface area (Å²) < 4.78 is 5.47. The van der Waals surface area contributed by atoms with E-state index in [-0.39, 0.29) is 0 Å². The van der Waals surface area contributed by atoms with Gasteiger partial charge >= 0.3 is 0 Å². The molecule has 2 unspecified atom stereocenters. The Morgan fingerprint density at radius 1 is 1.38 bits per heavy atom. The largest absolute Gasteiger partial charge is 0.380 e. The van der Waals surface area contributed by atoms with E-state index in [0.29, 0.717) is 6.04 Å². The average molecular weight is 183 g/mol. The number of rotatable bonds is 4. The van der Waals surface area contributed by atoms with E-state index in [4.69, 9.17) is 4.74 Å². The molecule has 0 amide bonds. The van der Waals surface area contributed by atoms with E-state index in [0.717, 1.165) is 25.2 Å². The monoisotopic (exact) mass is 183 g/mol. The zero-order valence-electron chi connectivity index (χ0n) is 8.59. The zero-order valence-corrected chi connectivity index (χ0v) is 8.59. The highest BCUT2D eigenvalue weighted by Crippen LogP contribution is 2.34. The number of ether oxygens (including phenoxy) is 1. The molecule has 2 atom stereocenters. The van der Waals surface area contributed by atoms with E-state index in [2.05, 4.69) is 12.2 Å². The Balaban J connectivity index is 1.73. The van der Waals surface area contributed by atoms with E-state index >= 15 is 0 Å². The first-order valence-electron chi connectivity index (χ1n) is 5.74. The Morgan fingerprint density at radius 2 is 2.23 bits per heavy atom. The average Bonchev–Trinajstić information content (AvgIpc) is 2.99. The molecule has 1 saturated heterocycles. The number of hydrogen-bond acceptors (Lipinski definition) is 2. The van der Waals surface area contributed by atoms with Crippen molar-refractivity contribution in [1.82, 2.24) is 5.32 Å². The van der Waals surface area contributed by atoms with Crippen LogP contribution in [0.2, 0.25) is 0 Å². The molecule has 13 heavy (non-hydrogen) atoms. The Morgan fingerprint density at radius 3 is 2.77 bits per heavy atom. The standard InChI is InChI=1S/C11H21NO/c1-2-11(9-5-6-9)12-10-4-3-7-13-8-10/h9-12H,2-8H2,1H3. The van der Waals surface area contributed by atoms with Crippen molar-refractivity contribution in [2.24, 2.45) is 5.92 Å². The van der Waals surface area contributed by atoms with Gasteiger partial charge in [0.25, 0.3) is 0 Å². The van der Waals surface area contributed by atoms with E-state index in [1.165, 1.54) is 32.1 Å². The van der Waals surface area contributed by atoms with Gasteiger partial charge in [-0.05, 0) is 38.0 Å². The normalized spacial score (nSPS) is 31.6. The quantitative estimate of drug-likeness (QED) is 0.719. The lowest BCUT2D eigenvalue weighted by Crippen LogP contribution is -2.43. The van der Waals surface area contributed by atoms with Crippen LogP contribution < -0.4 is 5.32 Å². The van der Waals surface area contributed by atoms with Gasteiger partial charge in [-0.1, -0.05) is 6.92 Å². The van der Waals surface area contributed by atoms with Gasteiger partial charge in [0.2, 0.25) is 0 Å². The molecular weight excluding hydrogens is 162 g/mol. The fourth-order valence-corrected chi connectivity index (χ4v) is 2.26. The molecule has 0 bridgehead atoms. The first-order valence-corrected chi connectivity index (χ1v) is 5.74. The Bertz CT molecular complexity index is 150. The van der Waals surface area contributed by atoms with Crippen molar-refractivity contribution >= 4 is 0 Å². The summed E-state index contributed by atoms with van der Waals surface area (Å²) in [4.78, 5) is 0. The predicted molar refractivity (Wildman–Crippen MR) is 53.8 cm³/mol. The molecule has 1 heterocycles. The minimum atomic E-state index is 0.638. The Kier molecular flexibility index (Phi) is 3.23. The lowest BCUT2D eigenvalue weighted by atomic mass is 10.1. The third kappa shape index (κ3) is 2.68. The SMILES string of the molecule is CCC(NC1CCCOC1)C1CC1. The molecule has 2 rings (SSSR count). The maximum absolute atomic E-state index is 5.47. The number of nitrogens with one attached hydrogen (secondary N) is 1. The van der Waals surface area contributed by atoms with Crippen LogP contribution in [-0.2, 0) is 4.74 Å². The third-order valence-corrected chi connectivity index (χ3v) is 3.24. The minimum absolute atomic E-state index is 0.638. The summed E-state index contributed by atoms with van der Waals surface area (Å²) in [6, 6.07) is 1.41. The fraction of sp³-hybridized carbons (Fsp3) is 1.00. The second-order valence-electron chi connectivity index (χ2n) is 4.43. The maximum Gasteiger partial charge on any atom is 0.0619 e. The van der Waals surface area contributed by atoms with Crippen molar-refractivity contribution in [3.8, 4) is 0 Å². The minimum Gasteiger partial charge on any atom is -0.380 e. The summed E-state index contributed by atoms with van der Waals surface area (Å²) in [5.74, 6) is 0.979. The third-order valence-electron chi connectivity index (χ3n) is 3.24. The molecule has 0 radical (unpaired) electrons. The van der Waals surface area contributed by atoms with Crippen LogP contribution in [0.15, 0.2) is 0 Å². The molecule has 2 fully saturated rings. The summed E-state index contributed by atoms with van der Waals surface area (Å²) in [5, 5.41) is 3.74. The van der Waals surface area contributed by atoms with E-state index < -0.39 is 0 Å². The summed E-state index contributed by atoms with van der Waals surface area (Å²) >= 11 is 0. The molecule has 1 aliphatic heterocycles. The van der Waals surface area contributed by atoms with Crippen molar-refractivity contribution in [2.45, 2.75) is 51.1 Å². The molecule has 1 aliphatic carbocycles. The van der Waals surface area contributed by atoms with E-state index in [1.807, 2.05) is 0 Å². The highest BCUT2D eigenvalue weighted by Gasteiger charge is 2.31. The van der Waals surface area contributed by atoms with Crippen molar-refractivity contribution < 1.29 is 4.74 Å². The molecule has 0 aromatic heterocycles. The summed E-state index contributed by atoms with van der Waals surface area (Å²) in [6.07, 6.45) is 6.71. The van der Waals surface area contributed by atoms with Crippen LogP contribution in [0.5, 0.6) is 0 Å². The van der Waals surface area contributed by atoms with Crippen LogP contribution in [-0.4, -0.2) is 25.3 Å². The van der Waals surface area contributed by atoms with Gasteiger partial charge in [0.05, 0.1) is 6.61 Å². The highest BCUT2D eigenvalue weighted by molar-refractivity contribution is 4.88. The van der Waals surface area contributed by atoms with Crippen molar-refractivity contribution in [2.75, 3.05) is 13.2 Å². The van der Waals surface area contributed by atoms with Crippen molar-refractivity contribution in [3.63, 3.8) is 0 Å². The highest BCUT2D eigenvalue weighted by atomic mass is 16.5. The predicted octanol–water partition coefficient (Wildman–Crippen LogP) is 1.94. The Hall–Kier alpha value is -0.0800. The van der Waals surface area contributed by atoms with Crippen LogP contribution in [0, 0.1) is 5.92 Å². The molecule has 1 saturated carbocycles. The van der Waals surface area contributed by atoms with Crippen LogP contribution in [0.4, 0.5) is 0 Å². The van der Waals surface area contributed by atoms with Crippen molar-refractivity contribution in [1.29, 1.82) is 0 Å². The maximum atomic E-state index is 5.47. The second-order valence-corrected chi connectivity index (χ2v) is 4.43. The van der Waals surface area contributed by atoms with Crippen molar-refractivity contribution in [3.05, 3.63) is 0 Å². The smallest absolute Gasteiger partial charge is 0.0619 e. The van der Waals surface area contributed by atoms with Gasteiger partial charge in [-0.2, -0.15) is 0 Å². The molecule has 0 aromatic rings. The molecule has 2 heteroatoms. The topological polar surface area (TPSA) is 21.3 Å². The number of hydrogen-bond donors (Lipinski definition) is 1. The van der Waals surface area contributed by atoms with E-state index in [9.17, 15) is 0 Å². The Labute approximate surface area is 81.0 Å².